The van der Waals surface area contributed by atoms with Gasteiger partial charge in [-0.1, -0.05) is 59.8 Å². The first kappa shape index (κ1) is 18.0. The van der Waals surface area contributed by atoms with Gasteiger partial charge in [0.15, 0.2) is 0 Å². The molecule has 0 heterocycles. The molecule has 1 aliphatic rings. The van der Waals surface area contributed by atoms with Gasteiger partial charge in [0, 0.05) is 0 Å². The van der Waals surface area contributed by atoms with Crippen LogP contribution in [0.15, 0.2) is 0 Å². The molecule has 20 heavy (non-hydrogen) atoms. The molecule has 0 aromatic heterocycles. The van der Waals surface area contributed by atoms with E-state index in [4.69, 9.17) is 0 Å². The van der Waals surface area contributed by atoms with Crippen molar-refractivity contribution in [3.63, 3.8) is 0 Å². The maximum atomic E-state index is 3.69. The Morgan fingerprint density at radius 1 is 0.950 bits per heavy atom. The summed E-state index contributed by atoms with van der Waals surface area (Å²) in [4.78, 5) is 0. The lowest BCUT2D eigenvalue weighted by molar-refractivity contribution is 0.139. The maximum absolute atomic E-state index is 3.69. The Hall–Kier alpha value is -0.0400. The minimum absolute atomic E-state index is 0.954. The molecule has 3 unspecified atom stereocenters. The number of hydrogen-bond donors (Lipinski definition) is 1. The van der Waals surface area contributed by atoms with Gasteiger partial charge in [0.05, 0.1) is 0 Å². The highest BCUT2D eigenvalue weighted by atomic mass is 14.9. The molecule has 0 aliphatic heterocycles. The molecule has 0 aromatic rings. The van der Waals surface area contributed by atoms with Crippen LogP contribution in [0.25, 0.3) is 0 Å². The molecular formula is C19H39N. The second-order valence-electron chi connectivity index (χ2n) is 7.11. The van der Waals surface area contributed by atoms with Gasteiger partial charge in [-0.25, -0.2) is 0 Å². The molecule has 1 aliphatic carbocycles. The minimum Gasteiger partial charge on any atom is -0.316 e. The molecule has 120 valence electrons. The summed E-state index contributed by atoms with van der Waals surface area (Å²) in [7, 11) is 0. The van der Waals surface area contributed by atoms with Gasteiger partial charge in [-0.2, -0.15) is 0 Å². The van der Waals surface area contributed by atoms with Gasteiger partial charge >= 0.3 is 0 Å². The summed E-state index contributed by atoms with van der Waals surface area (Å²) in [5.74, 6) is 3.95. The summed E-state index contributed by atoms with van der Waals surface area (Å²) in [6.07, 6.45) is 12.8. The van der Waals surface area contributed by atoms with Crippen LogP contribution in [0.1, 0.15) is 85.5 Å². The fourth-order valence-corrected chi connectivity index (χ4v) is 4.17. The molecular weight excluding hydrogens is 242 g/mol. The quantitative estimate of drug-likeness (QED) is 0.511. The first-order valence-corrected chi connectivity index (χ1v) is 9.45. The summed E-state index contributed by atoms with van der Waals surface area (Å²) in [5, 5.41) is 3.69. The first-order chi connectivity index (χ1) is 9.74. The molecule has 1 N–H and O–H groups in total. The predicted octanol–water partition coefficient (Wildman–Crippen LogP) is 5.64. The summed E-state index contributed by atoms with van der Waals surface area (Å²) in [6, 6.07) is 0. The van der Waals surface area contributed by atoms with Crippen LogP contribution in [0.2, 0.25) is 0 Å². The van der Waals surface area contributed by atoms with Crippen molar-refractivity contribution in [3.05, 3.63) is 0 Å². The predicted molar refractivity (Wildman–Crippen MR) is 91.1 cm³/mol. The average Bonchev–Trinajstić information content (AvgIpc) is 2.47. The third-order valence-corrected chi connectivity index (χ3v) is 5.57. The van der Waals surface area contributed by atoms with Crippen LogP contribution >= 0.6 is 0 Å². The van der Waals surface area contributed by atoms with Crippen molar-refractivity contribution in [2.45, 2.75) is 85.5 Å². The number of rotatable bonds is 10. The van der Waals surface area contributed by atoms with Crippen LogP contribution in [0, 0.1) is 23.7 Å². The van der Waals surface area contributed by atoms with Crippen molar-refractivity contribution >= 4 is 0 Å². The van der Waals surface area contributed by atoms with Gasteiger partial charge < -0.3 is 5.32 Å². The molecule has 1 saturated carbocycles. The van der Waals surface area contributed by atoms with Gasteiger partial charge in [-0.15, -0.1) is 0 Å². The lowest BCUT2D eigenvalue weighted by Gasteiger charge is -2.38. The highest BCUT2D eigenvalue weighted by Gasteiger charge is 2.30. The lowest BCUT2D eigenvalue weighted by atomic mass is 9.69. The van der Waals surface area contributed by atoms with Crippen molar-refractivity contribution in [2.75, 3.05) is 13.1 Å². The van der Waals surface area contributed by atoms with Crippen molar-refractivity contribution < 1.29 is 0 Å². The smallest absolute Gasteiger partial charge is 0.00179 e. The van der Waals surface area contributed by atoms with Crippen LogP contribution in [0.3, 0.4) is 0 Å². The van der Waals surface area contributed by atoms with Gasteiger partial charge in [-0.3, -0.25) is 0 Å². The van der Waals surface area contributed by atoms with Crippen LogP contribution in [-0.4, -0.2) is 13.1 Å². The Kier molecular flexibility index (Phi) is 9.59. The number of hydrogen-bond acceptors (Lipinski definition) is 1. The maximum Gasteiger partial charge on any atom is -0.00179 e. The normalized spacial score (nSPS) is 27.1. The minimum atomic E-state index is 0.954. The van der Waals surface area contributed by atoms with Crippen LogP contribution in [-0.2, 0) is 0 Å². The van der Waals surface area contributed by atoms with Crippen molar-refractivity contribution in [1.29, 1.82) is 0 Å². The SMILES string of the molecule is CCCNCC1CCC(CCC)CC1CC(CC)CC. The van der Waals surface area contributed by atoms with E-state index in [-0.39, 0.29) is 0 Å². The Bertz CT molecular complexity index is 222. The van der Waals surface area contributed by atoms with Crippen molar-refractivity contribution in [1.82, 2.24) is 5.32 Å². The van der Waals surface area contributed by atoms with E-state index < -0.39 is 0 Å². The van der Waals surface area contributed by atoms with Gasteiger partial charge in [-0.05, 0) is 62.4 Å². The van der Waals surface area contributed by atoms with E-state index in [1.165, 1.54) is 70.9 Å². The largest absolute Gasteiger partial charge is 0.316 e. The van der Waals surface area contributed by atoms with Crippen LogP contribution < -0.4 is 5.32 Å². The van der Waals surface area contributed by atoms with Gasteiger partial charge in [0.25, 0.3) is 0 Å². The zero-order valence-corrected chi connectivity index (χ0v) is 14.6. The molecule has 1 fully saturated rings. The van der Waals surface area contributed by atoms with Crippen LogP contribution in [0.5, 0.6) is 0 Å². The summed E-state index contributed by atoms with van der Waals surface area (Å²) < 4.78 is 0. The fraction of sp³-hybridized carbons (Fsp3) is 1.00. The lowest BCUT2D eigenvalue weighted by Crippen LogP contribution is -2.34. The van der Waals surface area contributed by atoms with E-state index in [0.29, 0.717) is 0 Å². The van der Waals surface area contributed by atoms with Crippen molar-refractivity contribution in [2.24, 2.45) is 23.7 Å². The molecule has 0 saturated heterocycles. The van der Waals surface area contributed by atoms with Gasteiger partial charge in [0.2, 0.25) is 0 Å². The summed E-state index contributed by atoms with van der Waals surface area (Å²) >= 11 is 0. The van der Waals surface area contributed by atoms with Crippen molar-refractivity contribution in [3.8, 4) is 0 Å². The fourth-order valence-electron chi connectivity index (χ4n) is 4.17. The molecule has 0 aromatic carbocycles. The average molecular weight is 282 g/mol. The van der Waals surface area contributed by atoms with Crippen LogP contribution in [0.4, 0.5) is 0 Å². The highest BCUT2D eigenvalue weighted by molar-refractivity contribution is 4.83. The second-order valence-corrected chi connectivity index (χ2v) is 7.11. The Labute approximate surface area is 128 Å². The van der Waals surface area contributed by atoms with E-state index >= 15 is 0 Å². The van der Waals surface area contributed by atoms with E-state index in [1.807, 2.05) is 0 Å². The number of nitrogens with one attached hydrogen (secondary N) is 1. The molecule has 0 bridgehead atoms. The van der Waals surface area contributed by atoms with Gasteiger partial charge in [0.1, 0.15) is 0 Å². The van der Waals surface area contributed by atoms with E-state index in [0.717, 1.165) is 23.7 Å². The topological polar surface area (TPSA) is 12.0 Å². The third-order valence-electron chi connectivity index (χ3n) is 5.57. The molecule has 3 atom stereocenters. The molecule has 1 heteroatoms. The Morgan fingerprint density at radius 3 is 2.30 bits per heavy atom. The molecule has 0 amide bonds. The zero-order chi connectivity index (χ0) is 14.8. The van der Waals surface area contributed by atoms with E-state index in [1.54, 1.807) is 0 Å². The zero-order valence-electron chi connectivity index (χ0n) is 14.6. The van der Waals surface area contributed by atoms with E-state index in [9.17, 15) is 0 Å². The Balaban J connectivity index is 2.51. The van der Waals surface area contributed by atoms with E-state index in [2.05, 4.69) is 33.0 Å². The summed E-state index contributed by atoms with van der Waals surface area (Å²) in [5.41, 5.74) is 0. The second kappa shape index (κ2) is 10.7. The highest BCUT2D eigenvalue weighted by Crippen LogP contribution is 2.40. The standard InChI is InChI=1S/C19H39N/c1-5-9-17-10-11-18(15-20-12-6-2)19(14-17)13-16(7-3)8-4/h16-20H,5-15H2,1-4H3. The monoisotopic (exact) mass is 281 g/mol. The first-order valence-electron chi connectivity index (χ1n) is 9.45. The third kappa shape index (κ3) is 6.16. The Morgan fingerprint density at radius 2 is 1.70 bits per heavy atom. The summed E-state index contributed by atoms with van der Waals surface area (Å²) in [6.45, 7) is 11.9. The molecule has 1 rings (SSSR count). The molecule has 1 nitrogen and oxygen atoms in total. The molecule has 0 radical (unpaired) electrons. The molecule has 0 spiro atoms.